The maximum Gasteiger partial charge on any atom is 0.333 e. The average Bonchev–Trinajstić information content (AvgIpc) is 2.77. The summed E-state index contributed by atoms with van der Waals surface area (Å²) in [4.78, 5) is 60.4. The number of hydrogen-bond acceptors (Lipinski definition) is 11. The first-order valence-electron chi connectivity index (χ1n) is 11.4. The molecule has 0 aromatic rings. The maximum absolute atomic E-state index is 12.4. The maximum atomic E-state index is 12.4. The fourth-order valence-corrected chi connectivity index (χ4v) is 3.09. The lowest BCUT2D eigenvalue weighted by molar-refractivity contribution is -0.293. The molecule has 0 spiro atoms. The van der Waals surface area contributed by atoms with Gasteiger partial charge in [-0.25, -0.2) is 9.59 Å². The lowest BCUT2D eigenvalue weighted by Crippen LogP contribution is -2.61. The Balaban J connectivity index is 3.28. The number of carbonyl (C=O) groups excluding carboxylic acids is 5. The van der Waals surface area contributed by atoms with Gasteiger partial charge in [0, 0.05) is 31.4 Å². The average molecular weight is 487 g/mol. The van der Waals surface area contributed by atoms with E-state index < -0.39 is 60.6 Å². The van der Waals surface area contributed by atoms with Gasteiger partial charge in [0.15, 0.2) is 12.2 Å². The molecular formula is C23H34O11. The van der Waals surface area contributed by atoms with Crippen molar-refractivity contribution in [3.8, 4) is 0 Å². The van der Waals surface area contributed by atoms with Crippen LogP contribution in [0.15, 0.2) is 12.2 Å². The monoisotopic (exact) mass is 486 g/mol. The molecule has 11 heteroatoms. The molecule has 0 aliphatic carbocycles. The van der Waals surface area contributed by atoms with Gasteiger partial charge in [-0.05, 0) is 26.2 Å². The molecule has 1 heterocycles. The summed E-state index contributed by atoms with van der Waals surface area (Å²) in [5.41, 5.74) is 0. The van der Waals surface area contributed by atoms with E-state index in [0.717, 1.165) is 19.3 Å². The quantitative estimate of drug-likeness (QED) is 0.227. The zero-order chi connectivity index (χ0) is 25.7. The molecule has 1 fully saturated rings. The van der Waals surface area contributed by atoms with E-state index in [-0.39, 0.29) is 19.3 Å². The number of methoxy groups -OCH3 is 1. The van der Waals surface area contributed by atoms with Crippen LogP contribution in [0, 0.1) is 0 Å². The van der Waals surface area contributed by atoms with Crippen molar-refractivity contribution in [3.63, 3.8) is 0 Å². The molecule has 1 aliphatic rings. The van der Waals surface area contributed by atoms with E-state index >= 15 is 0 Å². The molecule has 0 N–H and O–H groups in total. The van der Waals surface area contributed by atoms with E-state index in [9.17, 15) is 24.0 Å². The Morgan fingerprint density at radius 2 is 1.12 bits per heavy atom. The molecule has 0 unspecified atom stereocenters. The summed E-state index contributed by atoms with van der Waals surface area (Å²) in [7, 11) is 1.14. The van der Waals surface area contributed by atoms with Gasteiger partial charge in [0.1, 0.15) is 0 Å². The third-order valence-electron chi connectivity index (χ3n) is 4.68. The van der Waals surface area contributed by atoms with Gasteiger partial charge >= 0.3 is 29.8 Å². The number of hydrogen-bond donors (Lipinski definition) is 0. The SMILES string of the molecule is CCCC(=O)O[C@H]1[C@H](OC(=O)CCC)[C@H](OC(=O)/C=C/C(=O)OC)O[C@@H](C)[C@H]1OC(=O)CCC. The Labute approximate surface area is 199 Å². The standard InChI is InChI=1S/C23H34O11/c1-6-9-16(25)31-20-14(4)30-23(34-19(28)13-12-15(24)29-5)22(33-18(27)11-8-3)21(20)32-17(26)10-7-2/h12-14,20-23H,6-11H2,1-5H3/b13-12+/t14-,20+,21+,22-,23-/m0/s1. The predicted octanol–water partition coefficient (Wildman–Crippen LogP) is 2.14. The summed E-state index contributed by atoms with van der Waals surface area (Å²) in [6.07, 6.45) is -2.78. The first-order valence-corrected chi connectivity index (χ1v) is 11.4. The molecule has 0 aromatic carbocycles. The summed E-state index contributed by atoms with van der Waals surface area (Å²) in [5.74, 6) is -3.57. The van der Waals surface area contributed by atoms with Gasteiger partial charge in [-0.15, -0.1) is 0 Å². The van der Waals surface area contributed by atoms with Crippen LogP contribution in [-0.4, -0.2) is 67.7 Å². The highest BCUT2D eigenvalue weighted by Crippen LogP contribution is 2.30. The lowest BCUT2D eigenvalue weighted by Gasteiger charge is -2.43. The predicted molar refractivity (Wildman–Crippen MR) is 116 cm³/mol. The van der Waals surface area contributed by atoms with Gasteiger partial charge < -0.3 is 28.4 Å². The minimum absolute atomic E-state index is 0.0465. The van der Waals surface area contributed by atoms with Gasteiger partial charge in [-0.2, -0.15) is 0 Å². The number of esters is 5. The molecule has 0 bridgehead atoms. The molecular weight excluding hydrogens is 452 g/mol. The third-order valence-corrected chi connectivity index (χ3v) is 4.68. The molecule has 34 heavy (non-hydrogen) atoms. The zero-order valence-corrected chi connectivity index (χ0v) is 20.3. The van der Waals surface area contributed by atoms with Crippen LogP contribution in [0.2, 0.25) is 0 Å². The second-order valence-corrected chi connectivity index (χ2v) is 7.62. The highest BCUT2D eigenvalue weighted by atomic mass is 16.7. The van der Waals surface area contributed by atoms with Gasteiger partial charge in [0.2, 0.25) is 12.4 Å². The van der Waals surface area contributed by atoms with Gasteiger partial charge in [0.05, 0.1) is 13.2 Å². The summed E-state index contributed by atoms with van der Waals surface area (Å²) in [6.45, 7) is 6.89. The van der Waals surface area contributed by atoms with E-state index in [0.29, 0.717) is 19.3 Å². The molecule has 11 nitrogen and oxygen atoms in total. The van der Waals surface area contributed by atoms with Crippen molar-refractivity contribution in [2.75, 3.05) is 7.11 Å². The molecule has 0 radical (unpaired) electrons. The van der Waals surface area contributed by atoms with Crippen molar-refractivity contribution in [1.29, 1.82) is 0 Å². The molecule has 1 saturated heterocycles. The van der Waals surface area contributed by atoms with E-state index in [4.69, 9.17) is 23.7 Å². The van der Waals surface area contributed by atoms with Crippen LogP contribution < -0.4 is 0 Å². The number of carbonyl (C=O) groups is 5. The third kappa shape index (κ3) is 9.50. The van der Waals surface area contributed by atoms with E-state index in [2.05, 4.69) is 4.74 Å². The van der Waals surface area contributed by atoms with Gasteiger partial charge in [-0.1, -0.05) is 20.8 Å². The Morgan fingerprint density at radius 3 is 1.59 bits per heavy atom. The van der Waals surface area contributed by atoms with Crippen LogP contribution in [-0.2, 0) is 52.4 Å². The van der Waals surface area contributed by atoms with Gasteiger partial charge in [-0.3, -0.25) is 14.4 Å². The highest BCUT2D eigenvalue weighted by molar-refractivity contribution is 5.91. The molecule has 0 amide bonds. The van der Waals surface area contributed by atoms with Gasteiger partial charge in [0.25, 0.3) is 0 Å². The minimum Gasteiger partial charge on any atom is -0.466 e. The van der Waals surface area contributed by atoms with Crippen molar-refractivity contribution in [2.45, 2.75) is 96.9 Å². The largest absolute Gasteiger partial charge is 0.466 e. The Morgan fingerprint density at radius 1 is 0.676 bits per heavy atom. The number of rotatable bonds is 12. The van der Waals surface area contributed by atoms with Crippen LogP contribution in [0.3, 0.4) is 0 Å². The smallest absolute Gasteiger partial charge is 0.333 e. The molecule has 192 valence electrons. The second-order valence-electron chi connectivity index (χ2n) is 7.62. The summed E-state index contributed by atoms with van der Waals surface area (Å²) < 4.78 is 31.9. The molecule has 1 aliphatic heterocycles. The fourth-order valence-electron chi connectivity index (χ4n) is 3.09. The Kier molecular flexibility index (Phi) is 12.9. The normalized spacial score (nSPS) is 24.2. The van der Waals surface area contributed by atoms with E-state index in [1.54, 1.807) is 27.7 Å². The summed E-state index contributed by atoms with van der Waals surface area (Å²) >= 11 is 0. The molecule has 0 aromatic heterocycles. The first-order chi connectivity index (χ1) is 16.2. The van der Waals surface area contributed by atoms with E-state index in [1.165, 1.54) is 0 Å². The topological polar surface area (TPSA) is 141 Å². The summed E-state index contributed by atoms with van der Waals surface area (Å²) in [5, 5.41) is 0. The van der Waals surface area contributed by atoms with Crippen LogP contribution in [0.25, 0.3) is 0 Å². The Bertz CT molecular complexity index is 745. The molecule has 0 saturated carbocycles. The van der Waals surface area contributed by atoms with Crippen LogP contribution >= 0.6 is 0 Å². The van der Waals surface area contributed by atoms with Crippen LogP contribution in [0.4, 0.5) is 0 Å². The Hall–Kier alpha value is -2.95. The zero-order valence-electron chi connectivity index (χ0n) is 20.3. The number of ether oxygens (including phenoxy) is 6. The molecule has 5 atom stereocenters. The fraction of sp³-hybridized carbons (Fsp3) is 0.696. The van der Waals surface area contributed by atoms with Crippen molar-refractivity contribution < 1.29 is 52.4 Å². The van der Waals surface area contributed by atoms with Crippen LogP contribution in [0.5, 0.6) is 0 Å². The lowest BCUT2D eigenvalue weighted by atomic mass is 9.98. The van der Waals surface area contributed by atoms with Crippen molar-refractivity contribution in [1.82, 2.24) is 0 Å². The molecule has 1 rings (SSSR count). The van der Waals surface area contributed by atoms with Crippen molar-refractivity contribution >= 4 is 29.8 Å². The van der Waals surface area contributed by atoms with Crippen LogP contribution in [0.1, 0.15) is 66.2 Å². The van der Waals surface area contributed by atoms with Crippen molar-refractivity contribution in [3.05, 3.63) is 12.2 Å². The minimum atomic E-state index is -1.49. The summed E-state index contributed by atoms with van der Waals surface area (Å²) in [6, 6.07) is 0. The first kappa shape index (κ1) is 29.1. The van der Waals surface area contributed by atoms with E-state index in [1.807, 2.05) is 0 Å². The second kappa shape index (κ2) is 15.0. The highest BCUT2D eigenvalue weighted by Gasteiger charge is 2.52. The van der Waals surface area contributed by atoms with Crippen molar-refractivity contribution in [2.24, 2.45) is 0 Å².